The molecule has 0 saturated carbocycles. The van der Waals surface area contributed by atoms with E-state index in [1.54, 1.807) is 24.3 Å². The Morgan fingerprint density at radius 3 is 2.85 bits per heavy atom. The molecule has 6 nitrogen and oxygen atoms in total. The predicted octanol–water partition coefficient (Wildman–Crippen LogP) is -0.410. The number of carbonyl (C=O) groups excluding carboxylic acids is 1. The maximum Gasteiger partial charge on any atom is 0.254 e. The summed E-state index contributed by atoms with van der Waals surface area (Å²) >= 11 is 0. The lowest BCUT2D eigenvalue weighted by molar-refractivity contribution is 0.0581. The standard InChI is InChI=1S/C14H20N2O4/c1-20-11-4-2-3-9(5-11)14(19)16-7-10(17)6-12(15)13(18)8-16/h2-5,10,12-13,17-18H,6-8,15H2,1H3/t10-,12-,13-/m1/s1. The van der Waals surface area contributed by atoms with E-state index < -0.39 is 18.2 Å². The number of hydrogen-bond acceptors (Lipinski definition) is 5. The zero-order chi connectivity index (χ0) is 14.7. The third-order valence-electron chi connectivity index (χ3n) is 3.48. The number of β-amino-alcohol motifs (C(OH)–C–C–N with tert-alkyl or cyclic N) is 2. The van der Waals surface area contributed by atoms with E-state index in [1.807, 2.05) is 0 Å². The molecule has 1 aliphatic heterocycles. The highest BCUT2D eigenvalue weighted by Crippen LogP contribution is 2.17. The van der Waals surface area contributed by atoms with Crippen LogP contribution in [0.15, 0.2) is 24.3 Å². The van der Waals surface area contributed by atoms with Crippen molar-refractivity contribution in [1.29, 1.82) is 0 Å². The molecule has 0 spiro atoms. The molecule has 0 radical (unpaired) electrons. The molecule has 3 atom stereocenters. The predicted molar refractivity (Wildman–Crippen MR) is 73.5 cm³/mol. The van der Waals surface area contributed by atoms with Crippen LogP contribution in [0.5, 0.6) is 5.75 Å². The van der Waals surface area contributed by atoms with Crippen LogP contribution in [0, 0.1) is 0 Å². The number of nitrogens with two attached hydrogens (primary N) is 1. The quantitative estimate of drug-likeness (QED) is 0.684. The van der Waals surface area contributed by atoms with E-state index in [0.717, 1.165) is 0 Å². The molecule has 1 aliphatic rings. The number of carbonyl (C=O) groups is 1. The summed E-state index contributed by atoms with van der Waals surface area (Å²) in [5, 5.41) is 19.7. The Morgan fingerprint density at radius 1 is 1.40 bits per heavy atom. The Labute approximate surface area is 117 Å². The molecule has 0 aliphatic carbocycles. The van der Waals surface area contributed by atoms with Crippen LogP contribution in [-0.4, -0.2) is 59.5 Å². The number of aliphatic hydroxyl groups excluding tert-OH is 2. The number of nitrogens with zero attached hydrogens (tertiary/aromatic N) is 1. The lowest BCUT2D eigenvalue weighted by Crippen LogP contribution is -2.42. The van der Waals surface area contributed by atoms with Gasteiger partial charge in [-0.25, -0.2) is 0 Å². The molecule has 0 bridgehead atoms. The number of rotatable bonds is 2. The van der Waals surface area contributed by atoms with Gasteiger partial charge in [-0.2, -0.15) is 0 Å². The number of benzene rings is 1. The summed E-state index contributed by atoms with van der Waals surface area (Å²) in [4.78, 5) is 13.9. The van der Waals surface area contributed by atoms with E-state index >= 15 is 0 Å². The number of amides is 1. The summed E-state index contributed by atoms with van der Waals surface area (Å²) in [6.07, 6.45) is -1.28. The molecule has 0 aromatic heterocycles. The number of methoxy groups -OCH3 is 1. The van der Waals surface area contributed by atoms with Gasteiger partial charge in [0, 0.05) is 24.7 Å². The number of ether oxygens (including phenoxy) is 1. The minimum atomic E-state index is -0.832. The second kappa shape index (κ2) is 6.21. The van der Waals surface area contributed by atoms with Gasteiger partial charge in [0.05, 0.1) is 19.3 Å². The first-order valence-corrected chi connectivity index (χ1v) is 6.56. The zero-order valence-electron chi connectivity index (χ0n) is 11.4. The Hall–Kier alpha value is -1.63. The third kappa shape index (κ3) is 3.27. The fourth-order valence-corrected chi connectivity index (χ4v) is 2.34. The van der Waals surface area contributed by atoms with Gasteiger partial charge in [0.25, 0.3) is 5.91 Å². The molecule has 2 rings (SSSR count). The molecule has 110 valence electrons. The van der Waals surface area contributed by atoms with E-state index in [0.29, 0.717) is 11.3 Å². The van der Waals surface area contributed by atoms with Crippen molar-refractivity contribution >= 4 is 5.91 Å². The van der Waals surface area contributed by atoms with Crippen LogP contribution in [0.1, 0.15) is 16.8 Å². The van der Waals surface area contributed by atoms with Crippen molar-refractivity contribution in [3.8, 4) is 5.75 Å². The molecule has 20 heavy (non-hydrogen) atoms. The van der Waals surface area contributed by atoms with Crippen molar-refractivity contribution in [3.63, 3.8) is 0 Å². The van der Waals surface area contributed by atoms with Crippen LogP contribution in [-0.2, 0) is 0 Å². The van der Waals surface area contributed by atoms with Gasteiger partial charge in [-0.05, 0) is 24.6 Å². The van der Waals surface area contributed by atoms with E-state index in [9.17, 15) is 15.0 Å². The third-order valence-corrected chi connectivity index (χ3v) is 3.48. The van der Waals surface area contributed by atoms with Crippen LogP contribution in [0.3, 0.4) is 0 Å². The minimum Gasteiger partial charge on any atom is -0.497 e. The van der Waals surface area contributed by atoms with Crippen LogP contribution >= 0.6 is 0 Å². The summed E-state index contributed by atoms with van der Waals surface area (Å²) in [7, 11) is 1.53. The van der Waals surface area contributed by atoms with Crippen LogP contribution < -0.4 is 10.5 Å². The largest absolute Gasteiger partial charge is 0.497 e. The fraction of sp³-hybridized carbons (Fsp3) is 0.500. The molecule has 1 aromatic carbocycles. The first-order valence-electron chi connectivity index (χ1n) is 6.56. The summed E-state index contributed by atoms with van der Waals surface area (Å²) in [5.74, 6) is 0.333. The molecular weight excluding hydrogens is 260 g/mol. The minimum absolute atomic E-state index is 0.119. The Kier molecular flexibility index (Phi) is 4.59. The Bertz CT molecular complexity index is 480. The molecule has 1 aromatic rings. The summed E-state index contributed by atoms with van der Waals surface area (Å²) in [5.41, 5.74) is 6.21. The van der Waals surface area contributed by atoms with Gasteiger partial charge in [-0.15, -0.1) is 0 Å². The van der Waals surface area contributed by atoms with Gasteiger partial charge >= 0.3 is 0 Å². The highest BCUT2D eigenvalue weighted by molar-refractivity contribution is 5.94. The van der Waals surface area contributed by atoms with E-state index in [2.05, 4.69) is 0 Å². The smallest absolute Gasteiger partial charge is 0.254 e. The van der Waals surface area contributed by atoms with Gasteiger partial charge in [0.2, 0.25) is 0 Å². The second-order valence-corrected chi connectivity index (χ2v) is 5.06. The Balaban J connectivity index is 2.18. The number of hydrogen-bond donors (Lipinski definition) is 3. The lowest BCUT2D eigenvalue weighted by Gasteiger charge is -2.24. The number of aliphatic hydroxyl groups is 2. The monoisotopic (exact) mass is 280 g/mol. The van der Waals surface area contributed by atoms with E-state index in [1.165, 1.54) is 12.0 Å². The van der Waals surface area contributed by atoms with Crippen LogP contribution in [0.25, 0.3) is 0 Å². The molecule has 1 heterocycles. The SMILES string of the molecule is COc1cccc(C(=O)N2C[C@H](O)C[C@@H](N)[C@H](O)C2)c1. The molecule has 0 unspecified atom stereocenters. The summed E-state index contributed by atoms with van der Waals surface area (Å²) in [6.45, 7) is 0.287. The first-order chi connectivity index (χ1) is 9.51. The van der Waals surface area contributed by atoms with Crippen molar-refractivity contribution in [3.05, 3.63) is 29.8 Å². The highest BCUT2D eigenvalue weighted by Gasteiger charge is 2.30. The highest BCUT2D eigenvalue weighted by atomic mass is 16.5. The second-order valence-electron chi connectivity index (χ2n) is 5.06. The lowest BCUT2D eigenvalue weighted by atomic mass is 10.1. The van der Waals surface area contributed by atoms with Crippen molar-refractivity contribution in [1.82, 2.24) is 4.90 Å². The normalized spacial score (nSPS) is 27.0. The van der Waals surface area contributed by atoms with Crippen molar-refractivity contribution in [2.24, 2.45) is 5.73 Å². The number of likely N-dealkylation sites (tertiary alicyclic amines) is 1. The average molecular weight is 280 g/mol. The van der Waals surface area contributed by atoms with Crippen molar-refractivity contribution in [2.45, 2.75) is 24.7 Å². The van der Waals surface area contributed by atoms with E-state index in [4.69, 9.17) is 10.5 Å². The first kappa shape index (κ1) is 14.8. The topological polar surface area (TPSA) is 96.0 Å². The van der Waals surface area contributed by atoms with Gasteiger partial charge in [-0.1, -0.05) is 6.07 Å². The van der Waals surface area contributed by atoms with Gasteiger partial charge in [-0.3, -0.25) is 4.79 Å². The maximum absolute atomic E-state index is 12.4. The van der Waals surface area contributed by atoms with E-state index in [-0.39, 0.29) is 25.4 Å². The van der Waals surface area contributed by atoms with Gasteiger partial charge in [0.1, 0.15) is 5.75 Å². The van der Waals surface area contributed by atoms with Crippen molar-refractivity contribution < 1.29 is 19.7 Å². The maximum atomic E-state index is 12.4. The Morgan fingerprint density at radius 2 is 2.15 bits per heavy atom. The molecule has 1 saturated heterocycles. The molecule has 6 heteroatoms. The molecular formula is C14H20N2O4. The van der Waals surface area contributed by atoms with Crippen molar-refractivity contribution in [2.75, 3.05) is 20.2 Å². The van der Waals surface area contributed by atoms with Gasteiger partial charge < -0.3 is 25.6 Å². The summed E-state index contributed by atoms with van der Waals surface area (Å²) in [6, 6.07) is 6.26. The van der Waals surface area contributed by atoms with Gasteiger partial charge in [0.15, 0.2) is 0 Å². The molecule has 1 fully saturated rings. The molecule has 1 amide bonds. The average Bonchev–Trinajstić information content (AvgIpc) is 2.57. The zero-order valence-corrected chi connectivity index (χ0v) is 11.4. The molecule has 4 N–H and O–H groups in total. The van der Waals surface area contributed by atoms with Crippen LogP contribution in [0.4, 0.5) is 0 Å². The summed E-state index contributed by atoms with van der Waals surface area (Å²) < 4.78 is 5.09. The fourth-order valence-electron chi connectivity index (χ4n) is 2.34. The van der Waals surface area contributed by atoms with Crippen LogP contribution in [0.2, 0.25) is 0 Å².